The van der Waals surface area contributed by atoms with E-state index >= 15 is 0 Å². The fourth-order valence-electron chi connectivity index (χ4n) is 2.84. The Morgan fingerprint density at radius 2 is 2.05 bits per heavy atom. The van der Waals surface area contributed by atoms with E-state index in [-0.39, 0.29) is 6.04 Å². The molecule has 2 N–H and O–H groups in total. The average molecular weight is 301 g/mol. The molecule has 3 aromatic rings. The molecule has 1 aromatic carbocycles. The maximum Gasteiger partial charge on any atom is 0.201 e. The van der Waals surface area contributed by atoms with Gasteiger partial charge in [0.15, 0.2) is 0 Å². The van der Waals surface area contributed by atoms with Crippen LogP contribution in [0.15, 0.2) is 24.3 Å². The molecule has 0 amide bonds. The molecule has 1 unspecified atom stereocenters. The molecule has 5 heteroatoms. The summed E-state index contributed by atoms with van der Waals surface area (Å²) < 4.78 is 7.34. The topological polar surface area (TPSA) is 53.1 Å². The van der Waals surface area contributed by atoms with Crippen molar-refractivity contribution < 1.29 is 4.74 Å². The summed E-state index contributed by atoms with van der Waals surface area (Å²) in [6, 6.07) is 8.27. The predicted octanol–water partition coefficient (Wildman–Crippen LogP) is 3.91. The number of aromatic nitrogens is 2. The monoisotopic (exact) mass is 301 g/mol. The number of methoxy groups -OCH3 is 1. The van der Waals surface area contributed by atoms with Gasteiger partial charge in [0.25, 0.3) is 0 Å². The summed E-state index contributed by atoms with van der Waals surface area (Å²) in [6.45, 7) is 6.45. The third kappa shape index (κ3) is 2.27. The highest BCUT2D eigenvalue weighted by Gasteiger charge is 2.18. The molecule has 2 heterocycles. The van der Waals surface area contributed by atoms with Gasteiger partial charge in [-0.2, -0.15) is 0 Å². The summed E-state index contributed by atoms with van der Waals surface area (Å²) >= 11 is 1.82. The molecule has 0 fully saturated rings. The minimum atomic E-state index is 0.161. The van der Waals surface area contributed by atoms with Crippen molar-refractivity contribution in [1.29, 1.82) is 0 Å². The second-order valence-corrected chi connectivity index (χ2v) is 6.70. The number of thiophene rings is 1. The lowest BCUT2D eigenvalue weighted by atomic mass is 10.1. The van der Waals surface area contributed by atoms with Gasteiger partial charge in [0, 0.05) is 15.8 Å². The van der Waals surface area contributed by atoms with Gasteiger partial charge in [0.1, 0.15) is 5.75 Å². The van der Waals surface area contributed by atoms with Crippen molar-refractivity contribution in [3.8, 4) is 5.75 Å². The number of aryl methyl sites for hydroxylation is 2. The SMILES string of the molecule is COc1ccc2c(c1)nc(N)n2C(C)c1cc(C)sc1C. The fraction of sp³-hybridized carbons (Fsp3) is 0.312. The van der Waals surface area contributed by atoms with E-state index in [1.807, 2.05) is 29.5 Å². The van der Waals surface area contributed by atoms with Crippen molar-refractivity contribution in [2.75, 3.05) is 12.8 Å². The number of rotatable bonds is 3. The van der Waals surface area contributed by atoms with Crippen molar-refractivity contribution in [2.45, 2.75) is 26.8 Å². The molecule has 110 valence electrons. The number of anilines is 1. The van der Waals surface area contributed by atoms with Crippen LogP contribution in [0.5, 0.6) is 5.75 Å². The van der Waals surface area contributed by atoms with Gasteiger partial charge >= 0.3 is 0 Å². The maximum absolute atomic E-state index is 6.15. The molecule has 0 aliphatic carbocycles. The molecule has 4 nitrogen and oxygen atoms in total. The Kier molecular flexibility index (Phi) is 3.37. The molecule has 0 spiro atoms. The van der Waals surface area contributed by atoms with Gasteiger partial charge < -0.3 is 15.0 Å². The second-order valence-electron chi connectivity index (χ2n) is 5.24. The number of benzene rings is 1. The van der Waals surface area contributed by atoms with Crippen LogP contribution in [-0.4, -0.2) is 16.7 Å². The molecule has 1 atom stereocenters. The Labute approximate surface area is 128 Å². The smallest absolute Gasteiger partial charge is 0.201 e. The van der Waals surface area contributed by atoms with Gasteiger partial charge in [-0.15, -0.1) is 11.3 Å². The molecule has 0 saturated carbocycles. The van der Waals surface area contributed by atoms with Crippen LogP contribution in [0.1, 0.15) is 28.3 Å². The molecule has 2 aromatic heterocycles. The average Bonchev–Trinajstić information content (AvgIpc) is 2.95. The van der Waals surface area contributed by atoms with Crippen molar-refractivity contribution in [2.24, 2.45) is 0 Å². The van der Waals surface area contributed by atoms with Crippen LogP contribution in [0.2, 0.25) is 0 Å². The standard InChI is InChI=1S/C16H19N3OS/c1-9-7-13(11(3)21-9)10(2)19-15-6-5-12(20-4)8-14(15)18-16(19)17/h5-8,10H,1-4H3,(H2,17,18). The van der Waals surface area contributed by atoms with E-state index in [9.17, 15) is 0 Å². The van der Waals surface area contributed by atoms with Gasteiger partial charge in [-0.3, -0.25) is 0 Å². The summed E-state index contributed by atoms with van der Waals surface area (Å²) in [6.07, 6.45) is 0. The Balaban J connectivity index is 2.15. The van der Waals surface area contributed by atoms with E-state index in [2.05, 4.69) is 36.4 Å². The second kappa shape index (κ2) is 5.07. The minimum absolute atomic E-state index is 0.161. The van der Waals surface area contributed by atoms with Crippen LogP contribution in [0, 0.1) is 13.8 Å². The van der Waals surface area contributed by atoms with Crippen molar-refractivity contribution in [1.82, 2.24) is 9.55 Å². The van der Waals surface area contributed by atoms with E-state index in [1.165, 1.54) is 15.3 Å². The fourth-order valence-corrected chi connectivity index (χ4v) is 3.85. The quantitative estimate of drug-likeness (QED) is 0.798. The lowest BCUT2D eigenvalue weighted by Gasteiger charge is -2.16. The van der Waals surface area contributed by atoms with E-state index in [4.69, 9.17) is 10.5 Å². The normalized spacial score (nSPS) is 12.8. The first-order valence-corrected chi connectivity index (χ1v) is 7.71. The Hall–Kier alpha value is -2.01. The van der Waals surface area contributed by atoms with E-state index in [1.54, 1.807) is 7.11 Å². The van der Waals surface area contributed by atoms with Crippen LogP contribution in [0.4, 0.5) is 5.95 Å². The molecule has 0 radical (unpaired) electrons. The highest BCUT2D eigenvalue weighted by Crippen LogP contribution is 2.33. The molecule has 0 aliphatic rings. The third-order valence-electron chi connectivity index (χ3n) is 3.84. The number of nitrogen functional groups attached to an aromatic ring is 1. The van der Waals surface area contributed by atoms with E-state index in [0.717, 1.165) is 16.8 Å². The summed E-state index contributed by atoms with van der Waals surface area (Å²) in [4.78, 5) is 7.12. The zero-order chi connectivity index (χ0) is 15.1. The first kappa shape index (κ1) is 13.9. The van der Waals surface area contributed by atoms with Crippen molar-refractivity contribution in [3.63, 3.8) is 0 Å². The van der Waals surface area contributed by atoms with Crippen molar-refractivity contribution >= 4 is 28.3 Å². The molecule has 3 rings (SSSR count). The van der Waals surface area contributed by atoms with Crippen LogP contribution >= 0.6 is 11.3 Å². The summed E-state index contributed by atoms with van der Waals surface area (Å²) in [5, 5.41) is 0. The van der Waals surface area contributed by atoms with Crippen LogP contribution in [0.3, 0.4) is 0 Å². The first-order chi connectivity index (χ1) is 10.0. The Bertz CT molecular complexity index is 803. The molecule has 0 bridgehead atoms. The number of nitrogens with zero attached hydrogens (tertiary/aromatic N) is 2. The van der Waals surface area contributed by atoms with Gasteiger partial charge in [-0.05, 0) is 44.5 Å². The molecule has 0 saturated heterocycles. The van der Waals surface area contributed by atoms with Gasteiger partial charge in [0.2, 0.25) is 5.95 Å². The van der Waals surface area contributed by atoms with Crippen LogP contribution in [-0.2, 0) is 0 Å². The minimum Gasteiger partial charge on any atom is -0.497 e. The van der Waals surface area contributed by atoms with E-state index < -0.39 is 0 Å². The third-order valence-corrected chi connectivity index (χ3v) is 4.82. The highest BCUT2D eigenvalue weighted by molar-refractivity contribution is 7.12. The lowest BCUT2D eigenvalue weighted by Crippen LogP contribution is -2.10. The number of imidazole rings is 1. The first-order valence-electron chi connectivity index (χ1n) is 6.89. The molecule has 21 heavy (non-hydrogen) atoms. The molecular weight excluding hydrogens is 282 g/mol. The number of fused-ring (bicyclic) bond motifs is 1. The zero-order valence-corrected chi connectivity index (χ0v) is 13.5. The number of ether oxygens (including phenoxy) is 1. The number of nitrogens with two attached hydrogens (primary N) is 1. The molecular formula is C16H19N3OS. The Morgan fingerprint density at radius 3 is 2.67 bits per heavy atom. The van der Waals surface area contributed by atoms with Gasteiger partial charge in [0.05, 0.1) is 24.2 Å². The summed E-state index contributed by atoms with van der Waals surface area (Å²) in [7, 11) is 1.65. The zero-order valence-electron chi connectivity index (χ0n) is 12.7. The summed E-state index contributed by atoms with van der Waals surface area (Å²) in [5.41, 5.74) is 9.36. The van der Waals surface area contributed by atoms with Crippen LogP contribution < -0.4 is 10.5 Å². The summed E-state index contributed by atoms with van der Waals surface area (Å²) in [5.74, 6) is 1.33. The number of hydrogen-bond acceptors (Lipinski definition) is 4. The van der Waals surface area contributed by atoms with E-state index in [0.29, 0.717) is 5.95 Å². The maximum atomic E-state index is 6.15. The lowest BCUT2D eigenvalue weighted by molar-refractivity contribution is 0.415. The Morgan fingerprint density at radius 1 is 1.29 bits per heavy atom. The van der Waals surface area contributed by atoms with Gasteiger partial charge in [-0.1, -0.05) is 0 Å². The highest BCUT2D eigenvalue weighted by atomic mass is 32.1. The molecule has 0 aliphatic heterocycles. The number of hydrogen-bond donors (Lipinski definition) is 1. The van der Waals surface area contributed by atoms with Gasteiger partial charge in [-0.25, -0.2) is 4.98 Å². The van der Waals surface area contributed by atoms with Crippen molar-refractivity contribution in [3.05, 3.63) is 39.6 Å². The van der Waals surface area contributed by atoms with Crippen LogP contribution in [0.25, 0.3) is 11.0 Å². The largest absolute Gasteiger partial charge is 0.497 e. The predicted molar refractivity (Wildman–Crippen MR) is 88.3 cm³/mol.